The summed E-state index contributed by atoms with van der Waals surface area (Å²) in [6, 6.07) is 9.69. The zero-order chi connectivity index (χ0) is 13.7. The summed E-state index contributed by atoms with van der Waals surface area (Å²) in [5.74, 6) is 0.0683. The number of carbonyl (C=O) groups is 2. The lowest BCUT2D eigenvalue weighted by Gasteiger charge is -2.34. The molecule has 1 saturated heterocycles. The molecule has 1 aliphatic heterocycles. The van der Waals surface area contributed by atoms with Gasteiger partial charge in [-0.1, -0.05) is 30.3 Å². The maximum Gasteiger partial charge on any atom is 0.237 e. The summed E-state index contributed by atoms with van der Waals surface area (Å²) in [4.78, 5) is 27.1. The van der Waals surface area contributed by atoms with Gasteiger partial charge < -0.3 is 9.80 Å². The summed E-state index contributed by atoms with van der Waals surface area (Å²) in [6.07, 6.45) is 0.421. The van der Waals surface area contributed by atoms with Crippen LogP contribution < -0.4 is 0 Å². The van der Waals surface area contributed by atoms with Crippen molar-refractivity contribution in [1.82, 2.24) is 9.80 Å². The summed E-state index contributed by atoms with van der Waals surface area (Å²) in [5, 5.41) is 0. The molecule has 0 atom stereocenters. The number of hydrogen-bond donors (Lipinski definition) is 0. The molecule has 4 nitrogen and oxygen atoms in total. The van der Waals surface area contributed by atoms with E-state index in [-0.39, 0.29) is 17.7 Å². The van der Waals surface area contributed by atoms with E-state index in [0.717, 1.165) is 5.56 Å². The predicted molar refractivity (Wildman–Crippen MR) is 74.0 cm³/mol. The summed E-state index contributed by atoms with van der Waals surface area (Å²) in [6.45, 7) is 2.33. The zero-order valence-corrected chi connectivity index (χ0v) is 11.5. The van der Waals surface area contributed by atoms with Crippen molar-refractivity contribution in [1.29, 1.82) is 0 Å². The van der Waals surface area contributed by atoms with Gasteiger partial charge >= 0.3 is 0 Å². The number of piperazine rings is 1. The molecule has 0 unspecified atom stereocenters. The smallest absolute Gasteiger partial charge is 0.237 e. The Morgan fingerprint density at radius 2 is 1.47 bits per heavy atom. The van der Waals surface area contributed by atoms with Crippen LogP contribution in [0.2, 0.25) is 0 Å². The molecule has 1 aliphatic rings. The topological polar surface area (TPSA) is 40.6 Å². The van der Waals surface area contributed by atoms with Gasteiger partial charge in [0, 0.05) is 26.2 Å². The first kappa shape index (κ1) is 13.9. The molecule has 102 valence electrons. The number of carbonyl (C=O) groups excluding carboxylic acids is 2. The van der Waals surface area contributed by atoms with Crippen LogP contribution >= 0.6 is 11.6 Å². The third-order valence-electron chi connectivity index (χ3n) is 3.30. The van der Waals surface area contributed by atoms with Gasteiger partial charge in [0.1, 0.15) is 5.88 Å². The molecule has 0 radical (unpaired) electrons. The van der Waals surface area contributed by atoms with Crippen LogP contribution in [0.1, 0.15) is 5.56 Å². The van der Waals surface area contributed by atoms with Crippen LogP contribution in [0.25, 0.3) is 0 Å². The lowest BCUT2D eigenvalue weighted by molar-refractivity contribution is -0.137. The van der Waals surface area contributed by atoms with Crippen LogP contribution in [0.15, 0.2) is 30.3 Å². The molecule has 1 fully saturated rings. The number of amides is 2. The van der Waals surface area contributed by atoms with Gasteiger partial charge in [0.15, 0.2) is 0 Å². The van der Waals surface area contributed by atoms with Crippen LogP contribution in [-0.4, -0.2) is 53.7 Å². The Morgan fingerprint density at radius 3 is 2.00 bits per heavy atom. The van der Waals surface area contributed by atoms with Crippen molar-refractivity contribution in [2.24, 2.45) is 0 Å². The summed E-state index contributed by atoms with van der Waals surface area (Å²) >= 11 is 5.52. The van der Waals surface area contributed by atoms with E-state index in [4.69, 9.17) is 11.6 Å². The van der Waals surface area contributed by atoms with Gasteiger partial charge in [-0.05, 0) is 5.56 Å². The Labute approximate surface area is 117 Å². The first-order chi connectivity index (χ1) is 9.20. The fraction of sp³-hybridized carbons (Fsp3) is 0.429. The van der Waals surface area contributed by atoms with Gasteiger partial charge in [0.2, 0.25) is 11.8 Å². The van der Waals surface area contributed by atoms with Gasteiger partial charge in [0.25, 0.3) is 0 Å². The van der Waals surface area contributed by atoms with Crippen LogP contribution in [-0.2, 0) is 16.0 Å². The minimum atomic E-state index is -0.0585. The van der Waals surface area contributed by atoms with E-state index in [1.165, 1.54) is 0 Å². The van der Waals surface area contributed by atoms with Gasteiger partial charge in [0.05, 0.1) is 6.42 Å². The Hall–Kier alpha value is -1.55. The minimum Gasteiger partial charge on any atom is -0.339 e. The van der Waals surface area contributed by atoms with Crippen molar-refractivity contribution in [3.8, 4) is 0 Å². The maximum atomic E-state index is 12.1. The lowest BCUT2D eigenvalue weighted by Crippen LogP contribution is -2.51. The fourth-order valence-corrected chi connectivity index (χ4v) is 2.34. The van der Waals surface area contributed by atoms with E-state index >= 15 is 0 Å². The predicted octanol–water partition coefficient (Wildman–Crippen LogP) is 1.14. The molecule has 1 aromatic rings. The summed E-state index contributed by atoms with van der Waals surface area (Å²) < 4.78 is 0. The average Bonchev–Trinajstić information content (AvgIpc) is 2.47. The van der Waals surface area contributed by atoms with Crippen molar-refractivity contribution >= 4 is 23.4 Å². The monoisotopic (exact) mass is 280 g/mol. The van der Waals surface area contributed by atoms with Crippen molar-refractivity contribution in [2.45, 2.75) is 6.42 Å². The van der Waals surface area contributed by atoms with E-state index in [2.05, 4.69) is 0 Å². The highest BCUT2D eigenvalue weighted by Gasteiger charge is 2.23. The van der Waals surface area contributed by atoms with Crippen molar-refractivity contribution in [2.75, 3.05) is 32.1 Å². The van der Waals surface area contributed by atoms with Crippen LogP contribution in [0, 0.1) is 0 Å². The third-order valence-corrected chi connectivity index (χ3v) is 3.53. The normalized spacial score (nSPS) is 15.4. The lowest BCUT2D eigenvalue weighted by atomic mass is 10.1. The molecule has 5 heteroatoms. The summed E-state index contributed by atoms with van der Waals surface area (Å²) in [5.41, 5.74) is 1.02. The second kappa shape index (κ2) is 6.57. The van der Waals surface area contributed by atoms with E-state index < -0.39 is 0 Å². The number of benzene rings is 1. The summed E-state index contributed by atoms with van der Waals surface area (Å²) in [7, 11) is 0. The Balaban J connectivity index is 1.84. The van der Waals surface area contributed by atoms with Crippen molar-refractivity contribution < 1.29 is 9.59 Å². The molecule has 19 heavy (non-hydrogen) atoms. The maximum absolute atomic E-state index is 12.1. The molecule has 0 spiro atoms. The molecule has 0 aromatic heterocycles. The highest BCUT2D eigenvalue weighted by atomic mass is 35.5. The average molecular weight is 281 g/mol. The number of hydrogen-bond acceptors (Lipinski definition) is 2. The molecule has 1 heterocycles. The molecule has 0 saturated carbocycles. The highest BCUT2D eigenvalue weighted by molar-refractivity contribution is 6.27. The molecule has 2 amide bonds. The first-order valence-corrected chi connectivity index (χ1v) is 6.89. The van der Waals surface area contributed by atoms with E-state index in [9.17, 15) is 9.59 Å². The zero-order valence-electron chi connectivity index (χ0n) is 10.7. The SMILES string of the molecule is O=C(CCl)N1CCN(C(=O)Cc2ccccc2)CC1. The molecule has 0 bridgehead atoms. The van der Waals surface area contributed by atoms with Gasteiger partial charge in [-0.25, -0.2) is 0 Å². The second-order valence-corrected chi connectivity index (χ2v) is 4.82. The number of rotatable bonds is 3. The van der Waals surface area contributed by atoms with Crippen LogP contribution in [0.5, 0.6) is 0 Å². The van der Waals surface area contributed by atoms with Gasteiger partial charge in [-0.15, -0.1) is 11.6 Å². The standard InChI is InChI=1S/C14H17ClN2O2/c15-11-14(19)17-8-6-16(7-9-17)13(18)10-12-4-2-1-3-5-12/h1-5H,6-11H2. The van der Waals surface area contributed by atoms with Gasteiger partial charge in [-0.2, -0.15) is 0 Å². The molecule has 1 aromatic carbocycles. The van der Waals surface area contributed by atoms with Crippen molar-refractivity contribution in [3.05, 3.63) is 35.9 Å². The Kier molecular flexibility index (Phi) is 4.80. The highest BCUT2D eigenvalue weighted by Crippen LogP contribution is 2.07. The van der Waals surface area contributed by atoms with Crippen LogP contribution in [0.3, 0.4) is 0 Å². The Morgan fingerprint density at radius 1 is 0.947 bits per heavy atom. The third kappa shape index (κ3) is 3.70. The van der Waals surface area contributed by atoms with E-state index in [1.807, 2.05) is 35.2 Å². The molecule has 2 rings (SSSR count). The van der Waals surface area contributed by atoms with Crippen molar-refractivity contribution in [3.63, 3.8) is 0 Å². The molecule has 0 aliphatic carbocycles. The minimum absolute atomic E-state index is 0.0119. The number of alkyl halides is 1. The van der Waals surface area contributed by atoms with E-state index in [1.54, 1.807) is 4.90 Å². The first-order valence-electron chi connectivity index (χ1n) is 6.36. The van der Waals surface area contributed by atoms with Crippen LogP contribution in [0.4, 0.5) is 0 Å². The number of halogens is 1. The largest absolute Gasteiger partial charge is 0.339 e. The molecular formula is C14H17ClN2O2. The fourth-order valence-electron chi connectivity index (χ4n) is 2.17. The number of nitrogens with zero attached hydrogens (tertiary/aromatic N) is 2. The second-order valence-electron chi connectivity index (χ2n) is 4.56. The molecular weight excluding hydrogens is 264 g/mol. The van der Waals surface area contributed by atoms with Gasteiger partial charge in [-0.3, -0.25) is 9.59 Å². The quantitative estimate of drug-likeness (QED) is 0.779. The van der Waals surface area contributed by atoms with E-state index in [0.29, 0.717) is 32.6 Å². The molecule has 0 N–H and O–H groups in total. The Bertz CT molecular complexity index is 442.